The van der Waals surface area contributed by atoms with Gasteiger partial charge in [0.2, 0.25) is 0 Å². The maximum absolute atomic E-state index is 12.6. The van der Waals surface area contributed by atoms with Gasteiger partial charge in [-0.1, -0.05) is 29.4 Å². The Labute approximate surface area is 138 Å². The van der Waals surface area contributed by atoms with E-state index in [1.54, 1.807) is 40.6 Å². The quantitative estimate of drug-likeness (QED) is 0.476. The van der Waals surface area contributed by atoms with Crippen molar-refractivity contribution in [2.24, 2.45) is 0 Å². The molecule has 22 heavy (non-hydrogen) atoms. The maximum Gasteiger partial charge on any atom is 0.262 e. The molecule has 1 aliphatic rings. The van der Waals surface area contributed by atoms with Crippen LogP contribution in [0.1, 0.15) is 12.8 Å². The highest BCUT2D eigenvalue weighted by atomic mass is 35.5. The van der Waals surface area contributed by atoms with E-state index in [1.165, 1.54) is 0 Å². The third-order valence-electron chi connectivity index (χ3n) is 3.62. The molecule has 3 rings (SSSR count). The number of fused-ring (bicyclic) bond motifs is 1. The highest BCUT2D eigenvalue weighted by Gasteiger charge is 2.18. The molecule has 1 saturated heterocycles. The molecule has 0 saturated carbocycles. The minimum absolute atomic E-state index is 0.0589. The van der Waals surface area contributed by atoms with E-state index in [2.05, 4.69) is 11.6 Å². The van der Waals surface area contributed by atoms with Gasteiger partial charge in [0.1, 0.15) is 0 Å². The molecular weight excluding hydrogens is 320 g/mol. The highest BCUT2D eigenvalue weighted by Crippen LogP contribution is 2.24. The Morgan fingerprint density at radius 1 is 1.55 bits per heavy atom. The Hall–Kier alpha value is -1.30. The van der Waals surface area contributed by atoms with Gasteiger partial charge in [-0.3, -0.25) is 9.36 Å². The predicted octanol–water partition coefficient (Wildman–Crippen LogP) is 3.51. The first kappa shape index (κ1) is 15.6. The van der Waals surface area contributed by atoms with E-state index in [9.17, 15) is 4.79 Å². The number of halogens is 1. The van der Waals surface area contributed by atoms with Gasteiger partial charge in [0, 0.05) is 23.9 Å². The summed E-state index contributed by atoms with van der Waals surface area (Å²) >= 11 is 7.57. The minimum Gasteiger partial charge on any atom is -0.377 e. The summed E-state index contributed by atoms with van der Waals surface area (Å²) in [6.45, 7) is 4.99. The largest absolute Gasteiger partial charge is 0.377 e. The number of nitrogens with zero attached hydrogens (tertiary/aromatic N) is 2. The summed E-state index contributed by atoms with van der Waals surface area (Å²) in [5.41, 5.74) is 0.573. The van der Waals surface area contributed by atoms with Crippen molar-refractivity contribution in [2.75, 3.05) is 12.4 Å². The molecule has 0 aliphatic carbocycles. The van der Waals surface area contributed by atoms with Crippen molar-refractivity contribution in [2.45, 2.75) is 30.6 Å². The first-order valence-corrected chi connectivity index (χ1v) is 8.61. The molecule has 1 unspecified atom stereocenters. The lowest BCUT2D eigenvalue weighted by atomic mass is 10.2. The van der Waals surface area contributed by atoms with Crippen molar-refractivity contribution in [3.8, 4) is 0 Å². The van der Waals surface area contributed by atoms with Crippen LogP contribution >= 0.6 is 23.4 Å². The van der Waals surface area contributed by atoms with Crippen LogP contribution in [0.25, 0.3) is 10.9 Å². The molecule has 0 radical (unpaired) electrons. The number of allylic oxidation sites excluding steroid dienone is 1. The molecule has 1 aliphatic heterocycles. The zero-order valence-corrected chi connectivity index (χ0v) is 13.7. The summed E-state index contributed by atoms with van der Waals surface area (Å²) in [6.07, 6.45) is 4.12. The second kappa shape index (κ2) is 6.86. The summed E-state index contributed by atoms with van der Waals surface area (Å²) in [7, 11) is 0. The average Bonchev–Trinajstić information content (AvgIpc) is 3.01. The van der Waals surface area contributed by atoms with E-state index in [0.29, 0.717) is 27.6 Å². The number of hydrogen-bond acceptors (Lipinski definition) is 4. The van der Waals surface area contributed by atoms with Crippen LogP contribution in [0.4, 0.5) is 0 Å². The van der Waals surface area contributed by atoms with Gasteiger partial charge in [-0.15, -0.1) is 6.58 Å². The molecule has 116 valence electrons. The molecule has 1 atom stereocenters. The Morgan fingerprint density at radius 3 is 3.14 bits per heavy atom. The van der Waals surface area contributed by atoms with Crippen molar-refractivity contribution >= 4 is 34.3 Å². The molecule has 0 bridgehead atoms. The van der Waals surface area contributed by atoms with Gasteiger partial charge in [-0.05, 0) is 31.0 Å². The number of rotatable bonds is 5. The molecule has 0 N–H and O–H groups in total. The molecule has 0 amide bonds. The van der Waals surface area contributed by atoms with Crippen LogP contribution < -0.4 is 5.56 Å². The zero-order valence-electron chi connectivity index (χ0n) is 12.1. The van der Waals surface area contributed by atoms with Gasteiger partial charge in [0.25, 0.3) is 5.56 Å². The number of benzene rings is 1. The summed E-state index contributed by atoms with van der Waals surface area (Å²) in [6, 6.07) is 5.16. The lowest BCUT2D eigenvalue weighted by Gasteiger charge is -2.13. The second-order valence-electron chi connectivity index (χ2n) is 5.21. The van der Waals surface area contributed by atoms with Crippen LogP contribution in [0.3, 0.4) is 0 Å². The fraction of sp³-hybridized carbons (Fsp3) is 0.375. The van der Waals surface area contributed by atoms with Crippen LogP contribution in [-0.4, -0.2) is 28.0 Å². The molecular formula is C16H17ClN2O2S. The SMILES string of the molecule is C=CCn1c(SCC2CCCO2)nc2cc(Cl)ccc2c1=O. The summed E-state index contributed by atoms with van der Waals surface area (Å²) in [4.78, 5) is 17.2. The third-order valence-corrected chi connectivity index (χ3v) is 4.96. The number of aromatic nitrogens is 2. The van der Waals surface area contributed by atoms with Crippen LogP contribution in [0, 0.1) is 0 Å². The van der Waals surface area contributed by atoms with Gasteiger partial charge < -0.3 is 4.74 Å². The Bertz CT molecular complexity index is 754. The normalized spacial score (nSPS) is 18.0. The fourth-order valence-electron chi connectivity index (χ4n) is 2.52. The Morgan fingerprint density at radius 2 is 2.41 bits per heavy atom. The molecule has 1 fully saturated rings. The topological polar surface area (TPSA) is 44.1 Å². The fourth-order valence-corrected chi connectivity index (χ4v) is 3.76. The van der Waals surface area contributed by atoms with Crippen molar-refractivity contribution in [3.05, 3.63) is 46.2 Å². The van der Waals surface area contributed by atoms with E-state index in [4.69, 9.17) is 16.3 Å². The Balaban J connectivity index is 1.99. The van der Waals surface area contributed by atoms with Crippen molar-refractivity contribution in [1.29, 1.82) is 0 Å². The van der Waals surface area contributed by atoms with E-state index < -0.39 is 0 Å². The van der Waals surface area contributed by atoms with E-state index in [0.717, 1.165) is 25.2 Å². The molecule has 1 aromatic carbocycles. The molecule has 4 nitrogen and oxygen atoms in total. The number of ether oxygens (including phenoxy) is 1. The molecule has 6 heteroatoms. The second-order valence-corrected chi connectivity index (χ2v) is 6.63. The molecule has 2 heterocycles. The van der Waals surface area contributed by atoms with Gasteiger partial charge >= 0.3 is 0 Å². The van der Waals surface area contributed by atoms with Crippen LogP contribution in [0.15, 0.2) is 40.8 Å². The molecule has 0 spiro atoms. The van der Waals surface area contributed by atoms with Crippen LogP contribution in [0.5, 0.6) is 0 Å². The maximum atomic E-state index is 12.6. The predicted molar refractivity (Wildman–Crippen MR) is 90.9 cm³/mol. The highest BCUT2D eigenvalue weighted by molar-refractivity contribution is 7.99. The van der Waals surface area contributed by atoms with Crippen molar-refractivity contribution in [3.63, 3.8) is 0 Å². The van der Waals surface area contributed by atoms with Crippen LogP contribution in [0.2, 0.25) is 5.02 Å². The minimum atomic E-state index is -0.0589. The van der Waals surface area contributed by atoms with Crippen molar-refractivity contribution in [1.82, 2.24) is 9.55 Å². The van der Waals surface area contributed by atoms with Gasteiger partial charge in [-0.2, -0.15) is 0 Å². The van der Waals surface area contributed by atoms with E-state index in [1.807, 2.05) is 0 Å². The Kier molecular flexibility index (Phi) is 4.86. The lowest BCUT2D eigenvalue weighted by molar-refractivity contribution is 0.129. The van der Waals surface area contributed by atoms with Gasteiger partial charge in [-0.25, -0.2) is 4.98 Å². The number of thioether (sulfide) groups is 1. The zero-order chi connectivity index (χ0) is 15.5. The first-order valence-electron chi connectivity index (χ1n) is 7.24. The molecule has 2 aromatic rings. The van der Waals surface area contributed by atoms with E-state index >= 15 is 0 Å². The lowest BCUT2D eigenvalue weighted by Crippen LogP contribution is -2.23. The van der Waals surface area contributed by atoms with E-state index in [-0.39, 0.29) is 11.7 Å². The average molecular weight is 337 g/mol. The summed E-state index contributed by atoms with van der Waals surface area (Å²) < 4.78 is 7.29. The van der Waals surface area contributed by atoms with Crippen molar-refractivity contribution < 1.29 is 4.74 Å². The number of hydrogen-bond donors (Lipinski definition) is 0. The summed E-state index contributed by atoms with van der Waals surface area (Å²) in [5.74, 6) is 0.801. The van der Waals surface area contributed by atoms with Gasteiger partial charge in [0.05, 0.1) is 17.0 Å². The monoisotopic (exact) mass is 336 g/mol. The van der Waals surface area contributed by atoms with Gasteiger partial charge in [0.15, 0.2) is 5.16 Å². The summed E-state index contributed by atoms with van der Waals surface area (Å²) in [5, 5.41) is 1.85. The van der Waals surface area contributed by atoms with Crippen LogP contribution in [-0.2, 0) is 11.3 Å². The first-order chi connectivity index (χ1) is 10.7. The third kappa shape index (κ3) is 3.21. The molecule has 1 aromatic heterocycles. The standard InChI is InChI=1S/C16H17ClN2O2S/c1-2-7-19-15(20)13-6-5-11(17)9-14(13)18-16(19)22-10-12-4-3-8-21-12/h2,5-6,9,12H,1,3-4,7-8,10H2. The smallest absolute Gasteiger partial charge is 0.262 e.